The summed E-state index contributed by atoms with van der Waals surface area (Å²) in [5, 5.41) is 12.4. The second-order valence-corrected chi connectivity index (χ2v) is 4.60. The van der Waals surface area contributed by atoms with Crippen molar-refractivity contribution in [2.75, 3.05) is 14.2 Å². The van der Waals surface area contributed by atoms with Crippen LogP contribution < -0.4 is 10.1 Å². The molecule has 0 heterocycles. The lowest BCUT2D eigenvalue weighted by atomic mass is 9.98. The number of aromatic hydroxyl groups is 1. The molecule has 0 aliphatic heterocycles. The van der Waals surface area contributed by atoms with Gasteiger partial charge in [-0.25, -0.2) is 4.39 Å². The van der Waals surface area contributed by atoms with Crippen LogP contribution in [0.25, 0.3) is 0 Å². The molecule has 0 fully saturated rings. The third-order valence-corrected chi connectivity index (χ3v) is 3.31. The normalized spacial score (nSPS) is 12.2. The summed E-state index contributed by atoms with van der Waals surface area (Å²) >= 11 is 0. The van der Waals surface area contributed by atoms with E-state index in [0.29, 0.717) is 17.7 Å². The molecule has 0 aromatic heterocycles. The highest BCUT2D eigenvalue weighted by Crippen LogP contribution is 2.25. The predicted octanol–water partition coefficient (Wildman–Crippen LogP) is 3.04. The maximum absolute atomic E-state index is 14.1. The van der Waals surface area contributed by atoms with Gasteiger partial charge >= 0.3 is 0 Å². The highest BCUT2D eigenvalue weighted by atomic mass is 19.1. The van der Waals surface area contributed by atoms with Crippen LogP contribution in [-0.2, 0) is 6.42 Å². The van der Waals surface area contributed by atoms with Crippen LogP contribution in [0.4, 0.5) is 4.39 Å². The molecule has 1 unspecified atom stereocenters. The Labute approximate surface area is 118 Å². The second-order valence-electron chi connectivity index (χ2n) is 4.60. The summed E-state index contributed by atoms with van der Waals surface area (Å²) in [6, 6.07) is 11.7. The topological polar surface area (TPSA) is 41.5 Å². The van der Waals surface area contributed by atoms with E-state index < -0.39 is 0 Å². The minimum absolute atomic E-state index is 0.134. The van der Waals surface area contributed by atoms with Crippen molar-refractivity contribution in [2.45, 2.75) is 12.5 Å². The van der Waals surface area contributed by atoms with Gasteiger partial charge in [-0.3, -0.25) is 0 Å². The van der Waals surface area contributed by atoms with Gasteiger partial charge < -0.3 is 15.2 Å². The lowest BCUT2D eigenvalue weighted by Crippen LogP contribution is -2.20. The molecule has 20 heavy (non-hydrogen) atoms. The van der Waals surface area contributed by atoms with E-state index >= 15 is 0 Å². The average Bonchev–Trinajstić information content (AvgIpc) is 2.47. The Morgan fingerprint density at radius 1 is 1.20 bits per heavy atom. The van der Waals surface area contributed by atoms with Gasteiger partial charge in [0.2, 0.25) is 0 Å². The predicted molar refractivity (Wildman–Crippen MR) is 76.6 cm³/mol. The van der Waals surface area contributed by atoms with E-state index in [-0.39, 0.29) is 17.6 Å². The van der Waals surface area contributed by atoms with Gasteiger partial charge in [-0.1, -0.05) is 18.2 Å². The molecule has 2 aromatic carbocycles. The number of benzene rings is 2. The summed E-state index contributed by atoms with van der Waals surface area (Å²) < 4.78 is 19.1. The Morgan fingerprint density at radius 2 is 1.90 bits per heavy atom. The fourth-order valence-corrected chi connectivity index (χ4v) is 2.15. The summed E-state index contributed by atoms with van der Waals surface area (Å²) in [6.07, 6.45) is 0.639. The minimum atomic E-state index is -0.289. The first kappa shape index (κ1) is 14.3. The molecule has 0 aliphatic carbocycles. The van der Waals surface area contributed by atoms with Gasteiger partial charge in [0.25, 0.3) is 0 Å². The summed E-state index contributed by atoms with van der Waals surface area (Å²) in [4.78, 5) is 0. The first-order valence-corrected chi connectivity index (χ1v) is 6.42. The van der Waals surface area contributed by atoms with Crippen LogP contribution in [0.1, 0.15) is 17.2 Å². The third-order valence-electron chi connectivity index (χ3n) is 3.31. The first-order chi connectivity index (χ1) is 9.63. The molecule has 1 atom stereocenters. The summed E-state index contributed by atoms with van der Waals surface area (Å²) in [5.41, 5.74) is 1.62. The summed E-state index contributed by atoms with van der Waals surface area (Å²) in [7, 11) is 3.31. The molecule has 0 spiro atoms. The molecule has 2 rings (SSSR count). The highest BCUT2D eigenvalue weighted by molar-refractivity contribution is 5.33. The zero-order valence-electron chi connectivity index (χ0n) is 11.6. The number of hydrogen-bond acceptors (Lipinski definition) is 3. The molecule has 0 aliphatic rings. The molecule has 0 bridgehead atoms. The van der Waals surface area contributed by atoms with Crippen LogP contribution in [0.3, 0.4) is 0 Å². The van der Waals surface area contributed by atoms with Gasteiger partial charge in [-0.05, 0) is 37.2 Å². The van der Waals surface area contributed by atoms with Gasteiger partial charge in [0.15, 0.2) is 0 Å². The van der Waals surface area contributed by atoms with Crippen molar-refractivity contribution >= 4 is 0 Å². The largest absolute Gasteiger partial charge is 0.508 e. The fraction of sp³-hybridized carbons (Fsp3) is 0.250. The first-order valence-electron chi connectivity index (χ1n) is 6.42. The SMILES string of the molecule is CNC(Cc1ccc(O)cc1)c1ccc(OC)cc1F. The van der Waals surface area contributed by atoms with Gasteiger partial charge in [-0.15, -0.1) is 0 Å². The van der Waals surface area contributed by atoms with E-state index in [4.69, 9.17) is 4.74 Å². The van der Waals surface area contributed by atoms with E-state index in [2.05, 4.69) is 5.32 Å². The lowest BCUT2D eigenvalue weighted by molar-refractivity contribution is 0.409. The molecule has 0 saturated heterocycles. The van der Waals surface area contributed by atoms with Crippen LogP contribution >= 0.6 is 0 Å². The van der Waals surface area contributed by atoms with Gasteiger partial charge in [0.05, 0.1) is 7.11 Å². The number of halogens is 1. The number of phenolic OH excluding ortho intramolecular Hbond substituents is 1. The lowest BCUT2D eigenvalue weighted by Gasteiger charge is -2.18. The average molecular weight is 275 g/mol. The Morgan fingerprint density at radius 3 is 2.45 bits per heavy atom. The van der Waals surface area contributed by atoms with E-state index in [0.717, 1.165) is 5.56 Å². The number of likely N-dealkylation sites (N-methyl/N-ethyl adjacent to an activating group) is 1. The monoisotopic (exact) mass is 275 g/mol. The maximum Gasteiger partial charge on any atom is 0.131 e. The van der Waals surface area contributed by atoms with Crippen molar-refractivity contribution in [3.05, 3.63) is 59.4 Å². The number of rotatable bonds is 5. The standard InChI is InChI=1S/C16H18FNO2/c1-18-16(9-11-3-5-12(19)6-4-11)14-8-7-13(20-2)10-15(14)17/h3-8,10,16,18-19H,9H2,1-2H3. The van der Waals surface area contributed by atoms with E-state index in [1.807, 2.05) is 12.1 Å². The van der Waals surface area contributed by atoms with Crippen LogP contribution in [0.5, 0.6) is 11.5 Å². The Hall–Kier alpha value is -2.07. The smallest absolute Gasteiger partial charge is 0.131 e. The number of nitrogens with one attached hydrogen (secondary N) is 1. The zero-order chi connectivity index (χ0) is 14.5. The number of phenols is 1. The molecule has 0 amide bonds. The molecule has 0 radical (unpaired) electrons. The number of hydrogen-bond donors (Lipinski definition) is 2. The third kappa shape index (κ3) is 3.27. The Balaban J connectivity index is 2.21. The van der Waals surface area contributed by atoms with Crippen molar-refractivity contribution in [1.29, 1.82) is 0 Å². The Bertz CT molecular complexity index is 569. The minimum Gasteiger partial charge on any atom is -0.508 e. The fourth-order valence-electron chi connectivity index (χ4n) is 2.15. The van der Waals surface area contributed by atoms with E-state index in [1.54, 1.807) is 31.3 Å². The van der Waals surface area contributed by atoms with Crippen molar-refractivity contribution in [1.82, 2.24) is 5.32 Å². The maximum atomic E-state index is 14.1. The molecule has 2 aromatic rings. The quantitative estimate of drug-likeness (QED) is 0.881. The molecule has 106 valence electrons. The molecule has 3 nitrogen and oxygen atoms in total. The van der Waals surface area contributed by atoms with Gasteiger partial charge in [0.1, 0.15) is 17.3 Å². The molecule has 0 saturated carbocycles. The van der Waals surface area contributed by atoms with E-state index in [1.165, 1.54) is 13.2 Å². The van der Waals surface area contributed by atoms with Gasteiger partial charge in [0, 0.05) is 17.7 Å². The zero-order valence-corrected chi connectivity index (χ0v) is 11.6. The summed E-state index contributed by atoms with van der Waals surface area (Å²) in [6.45, 7) is 0. The van der Waals surface area contributed by atoms with Crippen LogP contribution in [0, 0.1) is 5.82 Å². The number of ether oxygens (including phenoxy) is 1. The van der Waals surface area contributed by atoms with Crippen molar-refractivity contribution in [2.24, 2.45) is 0 Å². The molecule has 2 N–H and O–H groups in total. The Kier molecular flexibility index (Phi) is 4.58. The van der Waals surface area contributed by atoms with Crippen LogP contribution in [-0.4, -0.2) is 19.3 Å². The highest BCUT2D eigenvalue weighted by Gasteiger charge is 2.15. The van der Waals surface area contributed by atoms with Crippen LogP contribution in [0.2, 0.25) is 0 Å². The molecular formula is C16H18FNO2. The van der Waals surface area contributed by atoms with Crippen molar-refractivity contribution in [3.63, 3.8) is 0 Å². The van der Waals surface area contributed by atoms with Crippen molar-refractivity contribution < 1.29 is 14.2 Å². The van der Waals surface area contributed by atoms with Crippen LogP contribution in [0.15, 0.2) is 42.5 Å². The molecule has 4 heteroatoms. The number of methoxy groups -OCH3 is 1. The second kappa shape index (κ2) is 6.39. The van der Waals surface area contributed by atoms with E-state index in [9.17, 15) is 9.50 Å². The van der Waals surface area contributed by atoms with Gasteiger partial charge in [-0.2, -0.15) is 0 Å². The van der Waals surface area contributed by atoms with Crippen molar-refractivity contribution in [3.8, 4) is 11.5 Å². The molecular weight excluding hydrogens is 257 g/mol. The summed E-state index contributed by atoms with van der Waals surface area (Å²) in [5.74, 6) is 0.443.